The second kappa shape index (κ2) is 6.85. The molecule has 0 saturated carbocycles. The van der Waals surface area contributed by atoms with Crippen LogP contribution in [0, 0.1) is 0 Å². The Hall–Kier alpha value is -1.62. The molecule has 0 spiro atoms. The third-order valence-electron chi connectivity index (χ3n) is 2.66. The Bertz CT molecular complexity index is 367. The van der Waals surface area contributed by atoms with Crippen molar-refractivity contribution in [3.8, 4) is 0 Å². The van der Waals surface area contributed by atoms with Gasteiger partial charge in [-0.2, -0.15) is 0 Å². The molecule has 1 aromatic rings. The topological polar surface area (TPSA) is 71.2 Å². The van der Waals surface area contributed by atoms with Gasteiger partial charge in [-0.25, -0.2) is 0 Å². The van der Waals surface area contributed by atoms with Gasteiger partial charge in [-0.05, 0) is 19.4 Å². The van der Waals surface area contributed by atoms with E-state index in [0.717, 1.165) is 19.4 Å². The zero-order valence-corrected chi connectivity index (χ0v) is 10.4. The van der Waals surface area contributed by atoms with E-state index in [1.165, 1.54) is 0 Å². The lowest BCUT2D eigenvalue weighted by molar-refractivity contribution is 0.0763. The molecule has 0 saturated heterocycles. The summed E-state index contributed by atoms with van der Waals surface area (Å²) in [5, 5.41) is 0. The molecule has 0 aromatic carbocycles. The van der Waals surface area contributed by atoms with Gasteiger partial charge >= 0.3 is 0 Å². The number of unbranched alkanes of at least 4 members (excludes halogenated alkanes) is 1. The van der Waals surface area contributed by atoms with Crippen LogP contribution in [0.1, 0.15) is 37.0 Å². The largest absolute Gasteiger partial charge is 0.339 e. The molecule has 5 nitrogen and oxygen atoms in total. The van der Waals surface area contributed by atoms with E-state index in [0.29, 0.717) is 17.8 Å². The fourth-order valence-corrected chi connectivity index (χ4v) is 1.61. The van der Waals surface area contributed by atoms with Gasteiger partial charge in [0.05, 0.1) is 11.3 Å². The van der Waals surface area contributed by atoms with Gasteiger partial charge in [0.15, 0.2) is 0 Å². The van der Waals surface area contributed by atoms with Gasteiger partial charge in [0.1, 0.15) is 0 Å². The Morgan fingerprint density at radius 1 is 1.53 bits per heavy atom. The molecule has 0 aliphatic rings. The van der Waals surface area contributed by atoms with Crippen LogP contribution in [0.5, 0.6) is 0 Å². The average Bonchev–Trinajstić information content (AvgIpc) is 2.39. The number of nitrogens with zero attached hydrogens (tertiary/aromatic N) is 2. The molecule has 0 aliphatic heterocycles. The molecule has 0 atom stereocenters. The van der Waals surface area contributed by atoms with Crippen molar-refractivity contribution in [2.24, 2.45) is 5.84 Å². The molecule has 17 heavy (non-hydrogen) atoms. The van der Waals surface area contributed by atoms with Crippen LogP contribution in [0.3, 0.4) is 0 Å². The highest BCUT2D eigenvalue weighted by atomic mass is 16.2. The smallest absolute Gasteiger partial charge is 0.257 e. The summed E-state index contributed by atoms with van der Waals surface area (Å²) in [6.45, 7) is 5.54. The quantitative estimate of drug-likeness (QED) is 0.581. The Kier molecular flexibility index (Phi) is 5.42. The summed E-state index contributed by atoms with van der Waals surface area (Å²) in [6.07, 6.45) is 5.23. The highest BCUT2D eigenvalue weighted by Gasteiger charge is 2.16. The van der Waals surface area contributed by atoms with Gasteiger partial charge in [0.2, 0.25) is 0 Å². The first-order valence-corrected chi connectivity index (χ1v) is 5.94. The molecule has 3 N–H and O–H groups in total. The summed E-state index contributed by atoms with van der Waals surface area (Å²) < 4.78 is 0. The summed E-state index contributed by atoms with van der Waals surface area (Å²) in [4.78, 5) is 18.0. The highest BCUT2D eigenvalue weighted by molar-refractivity contribution is 5.99. The van der Waals surface area contributed by atoms with Crippen LogP contribution in [0.2, 0.25) is 0 Å². The molecule has 0 aliphatic carbocycles. The van der Waals surface area contributed by atoms with E-state index in [-0.39, 0.29) is 5.91 Å². The zero-order chi connectivity index (χ0) is 12.7. The number of carbonyl (C=O) groups excluding carboxylic acids is 1. The van der Waals surface area contributed by atoms with Crippen molar-refractivity contribution in [3.05, 3.63) is 24.0 Å². The second-order valence-electron chi connectivity index (χ2n) is 3.80. The van der Waals surface area contributed by atoms with Crippen LogP contribution in [-0.2, 0) is 0 Å². The van der Waals surface area contributed by atoms with E-state index < -0.39 is 0 Å². The molecule has 94 valence electrons. The summed E-state index contributed by atoms with van der Waals surface area (Å²) >= 11 is 0. The Labute approximate surface area is 102 Å². The zero-order valence-electron chi connectivity index (χ0n) is 10.4. The number of hydrogen-bond acceptors (Lipinski definition) is 4. The molecule has 0 unspecified atom stereocenters. The number of nitrogens with one attached hydrogen (secondary N) is 1. The maximum atomic E-state index is 12.3. The lowest BCUT2D eigenvalue weighted by atomic mass is 10.2. The standard InChI is InChI=1S/C12H20N4O/c1-3-5-8-16(4-2)12(17)10-9-14-7-6-11(10)15-13/h6-7,9H,3-5,8,13H2,1-2H3,(H,14,15). The van der Waals surface area contributed by atoms with Crippen molar-refractivity contribution in [2.45, 2.75) is 26.7 Å². The van der Waals surface area contributed by atoms with E-state index in [2.05, 4.69) is 17.3 Å². The number of anilines is 1. The predicted molar refractivity (Wildman–Crippen MR) is 68.5 cm³/mol. The molecule has 0 radical (unpaired) electrons. The van der Waals surface area contributed by atoms with E-state index in [4.69, 9.17) is 5.84 Å². The van der Waals surface area contributed by atoms with Crippen LogP contribution < -0.4 is 11.3 Å². The number of hydrazine groups is 1. The Morgan fingerprint density at radius 2 is 2.29 bits per heavy atom. The number of aromatic nitrogens is 1. The van der Waals surface area contributed by atoms with Gasteiger partial charge < -0.3 is 10.3 Å². The Balaban J connectivity index is 2.85. The number of carbonyl (C=O) groups is 1. The van der Waals surface area contributed by atoms with Crippen molar-refractivity contribution in [2.75, 3.05) is 18.5 Å². The summed E-state index contributed by atoms with van der Waals surface area (Å²) in [5.41, 5.74) is 3.66. The van der Waals surface area contributed by atoms with E-state index in [9.17, 15) is 4.79 Å². The molecule has 1 aromatic heterocycles. The van der Waals surface area contributed by atoms with Crippen LogP contribution in [0.15, 0.2) is 18.5 Å². The third-order valence-corrected chi connectivity index (χ3v) is 2.66. The van der Waals surface area contributed by atoms with Crippen LogP contribution in [0.4, 0.5) is 5.69 Å². The monoisotopic (exact) mass is 236 g/mol. The minimum absolute atomic E-state index is 0.0259. The first-order valence-electron chi connectivity index (χ1n) is 5.94. The normalized spacial score (nSPS) is 10.1. The fourth-order valence-electron chi connectivity index (χ4n) is 1.61. The molecule has 0 fully saturated rings. The molecular formula is C12H20N4O. The summed E-state index contributed by atoms with van der Waals surface area (Å²) in [5.74, 6) is 5.36. The van der Waals surface area contributed by atoms with Gasteiger partial charge in [-0.1, -0.05) is 13.3 Å². The number of amides is 1. The van der Waals surface area contributed by atoms with Gasteiger partial charge in [-0.3, -0.25) is 15.6 Å². The predicted octanol–water partition coefficient (Wildman–Crippen LogP) is 1.63. The van der Waals surface area contributed by atoms with Crippen molar-refractivity contribution >= 4 is 11.6 Å². The first-order chi connectivity index (χ1) is 8.24. The number of rotatable bonds is 6. The van der Waals surface area contributed by atoms with Crippen LogP contribution >= 0.6 is 0 Å². The lowest BCUT2D eigenvalue weighted by Crippen LogP contribution is -2.32. The van der Waals surface area contributed by atoms with Crippen molar-refractivity contribution in [1.82, 2.24) is 9.88 Å². The molecule has 1 rings (SSSR count). The number of pyridine rings is 1. The van der Waals surface area contributed by atoms with Gasteiger partial charge in [0.25, 0.3) is 5.91 Å². The number of nitrogens with two attached hydrogens (primary N) is 1. The van der Waals surface area contributed by atoms with Crippen LogP contribution in [-0.4, -0.2) is 28.9 Å². The number of hydrogen-bond donors (Lipinski definition) is 2. The van der Waals surface area contributed by atoms with E-state index >= 15 is 0 Å². The summed E-state index contributed by atoms with van der Waals surface area (Å²) in [7, 11) is 0. The van der Waals surface area contributed by atoms with Crippen molar-refractivity contribution in [1.29, 1.82) is 0 Å². The average molecular weight is 236 g/mol. The van der Waals surface area contributed by atoms with E-state index in [1.807, 2.05) is 6.92 Å². The SMILES string of the molecule is CCCCN(CC)C(=O)c1cnccc1NN. The minimum atomic E-state index is -0.0259. The maximum absolute atomic E-state index is 12.3. The second-order valence-corrected chi connectivity index (χ2v) is 3.80. The molecule has 1 heterocycles. The third kappa shape index (κ3) is 3.42. The van der Waals surface area contributed by atoms with Gasteiger partial charge in [-0.15, -0.1) is 0 Å². The van der Waals surface area contributed by atoms with Crippen LogP contribution in [0.25, 0.3) is 0 Å². The van der Waals surface area contributed by atoms with Gasteiger partial charge in [0, 0.05) is 25.5 Å². The fraction of sp³-hybridized carbons (Fsp3) is 0.500. The first kappa shape index (κ1) is 13.4. The van der Waals surface area contributed by atoms with Crippen molar-refractivity contribution in [3.63, 3.8) is 0 Å². The molecule has 1 amide bonds. The summed E-state index contributed by atoms with van der Waals surface area (Å²) in [6, 6.07) is 1.70. The number of nitrogen functional groups attached to an aromatic ring is 1. The Morgan fingerprint density at radius 3 is 2.88 bits per heavy atom. The molecular weight excluding hydrogens is 216 g/mol. The lowest BCUT2D eigenvalue weighted by Gasteiger charge is -2.21. The minimum Gasteiger partial charge on any atom is -0.339 e. The molecule has 5 heteroatoms. The molecule has 0 bridgehead atoms. The maximum Gasteiger partial charge on any atom is 0.257 e. The highest BCUT2D eigenvalue weighted by Crippen LogP contribution is 2.15. The van der Waals surface area contributed by atoms with E-state index in [1.54, 1.807) is 23.4 Å². The van der Waals surface area contributed by atoms with Crippen molar-refractivity contribution < 1.29 is 4.79 Å².